The van der Waals surface area contributed by atoms with E-state index in [1.807, 2.05) is 12.1 Å². The third-order valence-corrected chi connectivity index (χ3v) is 5.10. The summed E-state index contributed by atoms with van der Waals surface area (Å²) in [6, 6.07) is 11.6. The Hall–Kier alpha value is -1.65. The van der Waals surface area contributed by atoms with E-state index in [2.05, 4.69) is 50.2 Å². The summed E-state index contributed by atoms with van der Waals surface area (Å²) in [5.74, 6) is 2.24. The lowest BCUT2D eigenvalue weighted by atomic mass is 10.1. The van der Waals surface area contributed by atoms with E-state index in [4.69, 9.17) is 16.1 Å². The minimum atomic E-state index is 0. The lowest BCUT2D eigenvalue weighted by Crippen LogP contribution is -2.39. The second-order valence-electron chi connectivity index (χ2n) is 6.21. The highest BCUT2D eigenvalue weighted by atomic mass is 127. The molecule has 1 unspecified atom stereocenters. The summed E-state index contributed by atoms with van der Waals surface area (Å²) >= 11 is 7.69. The SMILES string of the molecule is CN=C(NCc1nc(-c2ccc(Cl)cc2)no1)NCC(C)Cc1cccs1.I. The van der Waals surface area contributed by atoms with E-state index >= 15 is 0 Å². The first-order valence-corrected chi connectivity index (χ1v) is 9.95. The van der Waals surface area contributed by atoms with Gasteiger partial charge in [0, 0.05) is 29.1 Å². The van der Waals surface area contributed by atoms with E-state index in [-0.39, 0.29) is 24.0 Å². The van der Waals surface area contributed by atoms with Gasteiger partial charge in [-0.1, -0.05) is 29.7 Å². The van der Waals surface area contributed by atoms with E-state index in [0.717, 1.165) is 18.5 Å². The van der Waals surface area contributed by atoms with Crippen LogP contribution in [0.25, 0.3) is 11.4 Å². The molecule has 0 spiro atoms. The molecule has 1 atom stereocenters. The molecule has 3 aromatic rings. The number of guanidine groups is 1. The number of thiophene rings is 1. The van der Waals surface area contributed by atoms with E-state index in [9.17, 15) is 0 Å². The Balaban J connectivity index is 0.00000280. The zero-order chi connectivity index (χ0) is 19.1. The Morgan fingerprint density at radius 2 is 2.04 bits per heavy atom. The fraction of sp³-hybridized carbons (Fsp3) is 0.316. The van der Waals surface area contributed by atoms with E-state index in [1.165, 1.54) is 4.88 Å². The van der Waals surface area contributed by atoms with Crippen LogP contribution in [0.4, 0.5) is 0 Å². The van der Waals surface area contributed by atoms with Crippen molar-refractivity contribution in [2.24, 2.45) is 10.9 Å². The summed E-state index contributed by atoms with van der Waals surface area (Å²) in [6.07, 6.45) is 1.05. The van der Waals surface area contributed by atoms with Crippen molar-refractivity contribution in [2.45, 2.75) is 19.9 Å². The van der Waals surface area contributed by atoms with Gasteiger partial charge in [-0.15, -0.1) is 35.3 Å². The molecule has 0 amide bonds. The van der Waals surface area contributed by atoms with Gasteiger partial charge >= 0.3 is 0 Å². The van der Waals surface area contributed by atoms with Crippen LogP contribution in [0.2, 0.25) is 5.02 Å². The first kappa shape index (κ1) is 22.6. The predicted molar refractivity (Wildman–Crippen MR) is 126 cm³/mol. The highest BCUT2D eigenvalue weighted by Gasteiger charge is 2.10. The molecule has 150 valence electrons. The predicted octanol–water partition coefficient (Wildman–Crippen LogP) is 4.61. The maximum absolute atomic E-state index is 5.90. The van der Waals surface area contributed by atoms with Gasteiger partial charge in [0.25, 0.3) is 0 Å². The molecule has 3 rings (SSSR count). The van der Waals surface area contributed by atoms with Crippen molar-refractivity contribution in [3.63, 3.8) is 0 Å². The smallest absolute Gasteiger partial charge is 0.246 e. The average molecular weight is 532 g/mol. The van der Waals surface area contributed by atoms with Crippen molar-refractivity contribution in [3.05, 3.63) is 57.6 Å². The fourth-order valence-corrected chi connectivity index (χ4v) is 3.53. The third-order valence-electron chi connectivity index (χ3n) is 3.95. The molecule has 2 aromatic heterocycles. The van der Waals surface area contributed by atoms with E-state index in [1.54, 1.807) is 30.5 Å². The average Bonchev–Trinajstić information content (AvgIpc) is 3.34. The van der Waals surface area contributed by atoms with Crippen LogP contribution >= 0.6 is 46.9 Å². The quantitative estimate of drug-likeness (QED) is 0.264. The normalized spacial score (nSPS) is 12.3. The van der Waals surface area contributed by atoms with Crippen LogP contribution in [-0.2, 0) is 13.0 Å². The summed E-state index contributed by atoms with van der Waals surface area (Å²) in [6.45, 7) is 3.45. The molecule has 1 aromatic carbocycles. The first-order chi connectivity index (χ1) is 13.1. The van der Waals surface area contributed by atoms with Gasteiger partial charge in [0.15, 0.2) is 5.96 Å². The van der Waals surface area contributed by atoms with Crippen LogP contribution in [0.3, 0.4) is 0 Å². The number of nitrogens with zero attached hydrogens (tertiary/aromatic N) is 3. The standard InChI is InChI=1S/C19H22ClN5OS.HI/c1-13(10-16-4-3-9-27-16)11-22-19(21-2)23-12-17-24-18(25-26-17)14-5-7-15(20)8-6-14;/h3-9,13H,10-12H2,1-2H3,(H2,21,22,23);1H. The summed E-state index contributed by atoms with van der Waals surface area (Å²) < 4.78 is 5.30. The van der Waals surface area contributed by atoms with Gasteiger partial charge in [0.1, 0.15) is 0 Å². The number of benzene rings is 1. The molecule has 2 N–H and O–H groups in total. The Kier molecular flexibility index (Phi) is 9.20. The molecule has 0 aliphatic rings. The summed E-state index contributed by atoms with van der Waals surface area (Å²) in [4.78, 5) is 10.0. The molecule has 0 aliphatic carbocycles. The Morgan fingerprint density at radius 1 is 1.25 bits per heavy atom. The number of aromatic nitrogens is 2. The lowest BCUT2D eigenvalue weighted by molar-refractivity contribution is 0.375. The van der Waals surface area contributed by atoms with Gasteiger partial charge in [0.2, 0.25) is 11.7 Å². The van der Waals surface area contributed by atoms with Crippen LogP contribution in [0.15, 0.2) is 51.3 Å². The molecule has 0 radical (unpaired) electrons. The van der Waals surface area contributed by atoms with Crippen molar-refractivity contribution < 1.29 is 4.52 Å². The van der Waals surface area contributed by atoms with Crippen molar-refractivity contribution in [2.75, 3.05) is 13.6 Å². The number of hydrogen-bond donors (Lipinski definition) is 2. The van der Waals surface area contributed by atoms with Crippen LogP contribution < -0.4 is 10.6 Å². The molecule has 0 saturated carbocycles. The van der Waals surface area contributed by atoms with Gasteiger partial charge in [0.05, 0.1) is 6.54 Å². The number of nitrogens with one attached hydrogen (secondary N) is 2. The summed E-state index contributed by atoms with van der Waals surface area (Å²) in [5, 5.41) is 13.3. The minimum Gasteiger partial charge on any atom is -0.356 e. The van der Waals surface area contributed by atoms with Crippen molar-refractivity contribution in [3.8, 4) is 11.4 Å². The highest BCUT2D eigenvalue weighted by molar-refractivity contribution is 14.0. The van der Waals surface area contributed by atoms with Crippen LogP contribution in [0, 0.1) is 5.92 Å². The summed E-state index contributed by atoms with van der Waals surface area (Å²) in [7, 11) is 1.74. The maximum Gasteiger partial charge on any atom is 0.246 e. The highest BCUT2D eigenvalue weighted by Crippen LogP contribution is 2.18. The topological polar surface area (TPSA) is 75.3 Å². The third kappa shape index (κ3) is 6.75. The monoisotopic (exact) mass is 531 g/mol. The zero-order valence-corrected chi connectivity index (χ0v) is 19.6. The van der Waals surface area contributed by atoms with Crippen molar-refractivity contribution >= 4 is 52.9 Å². The Morgan fingerprint density at radius 3 is 2.71 bits per heavy atom. The van der Waals surface area contributed by atoms with Gasteiger partial charge in [-0.25, -0.2) is 0 Å². The largest absolute Gasteiger partial charge is 0.356 e. The number of halogens is 2. The van der Waals surface area contributed by atoms with Gasteiger partial charge in [-0.3, -0.25) is 4.99 Å². The molecule has 0 aliphatic heterocycles. The number of rotatable bonds is 7. The van der Waals surface area contributed by atoms with E-state index in [0.29, 0.717) is 35.2 Å². The van der Waals surface area contributed by atoms with Gasteiger partial charge in [-0.05, 0) is 48.1 Å². The van der Waals surface area contributed by atoms with Crippen molar-refractivity contribution in [1.82, 2.24) is 20.8 Å². The van der Waals surface area contributed by atoms with Crippen LogP contribution in [0.1, 0.15) is 17.7 Å². The summed E-state index contributed by atoms with van der Waals surface area (Å²) in [5.41, 5.74) is 0.860. The molecular weight excluding hydrogens is 509 g/mol. The van der Waals surface area contributed by atoms with Gasteiger partial charge < -0.3 is 15.2 Å². The van der Waals surface area contributed by atoms with Crippen LogP contribution in [0.5, 0.6) is 0 Å². The molecule has 0 saturated heterocycles. The second kappa shape index (κ2) is 11.4. The molecule has 28 heavy (non-hydrogen) atoms. The van der Waals surface area contributed by atoms with Crippen molar-refractivity contribution in [1.29, 1.82) is 0 Å². The number of hydrogen-bond acceptors (Lipinski definition) is 5. The Labute approximate surface area is 190 Å². The zero-order valence-electron chi connectivity index (χ0n) is 15.7. The molecule has 0 bridgehead atoms. The number of aliphatic imine (C=N–C) groups is 1. The molecule has 6 nitrogen and oxygen atoms in total. The minimum absolute atomic E-state index is 0. The van der Waals surface area contributed by atoms with Crippen LogP contribution in [-0.4, -0.2) is 29.7 Å². The molecule has 9 heteroatoms. The first-order valence-electron chi connectivity index (χ1n) is 8.69. The van der Waals surface area contributed by atoms with Gasteiger partial charge in [-0.2, -0.15) is 4.98 Å². The second-order valence-corrected chi connectivity index (χ2v) is 7.68. The fourth-order valence-electron chi connectivity index (χ4n) is 2.54. The molecule has 2 heterocycles. The molecular formula is C19H23ClIN5OS. The molecule has 0 fully saturated rings. The lowest BCUT2D eigenvalue weighted by Gasteiger charge is -2.14. The maximum atomic E-state index is 5.90. The van der Waals surface area contributed by atoms with E-state index < -0.39 is 0 Å². The Bertz CT molecular complexity index is 867.